The van der Waals surface area contributed by atoms with E-state index >= 15 is 0 Å². The smallest absolute Gasteiger partial charge is 0.325 e. The van der Waals surface area contributed by atoms with Gasteiger partial charge in [-0.2, -0.15) is 4.98 Å². The molecule has 0 aliphatic carbocycles. The number of amides is 3. The fourth-order valence-electron chi connectivity index (χ4n) is 2.51. The fraction of sp³-hybridized carbons (Fsp3) is 0.375. The molecule has 0 radical (unpaired) electrons. The van der Waals surface area contributed by atoms with Crippen LogP contribution in [0.2, 0.25) is 0 Å². The molecule has 2 aromatic rings. The first-order chi connectivity index (χ1) is 10.9. The van der Waals surface area contributed by atoms with Crippen molar-refractivity contribution in [1.29, 1.82) is 0 Å². The molecular formula is C16H18N4O3. The van der Waals surface area contributed by atoms with Crippen LogP contribution in [-0.2, 0) is 16.9 Å². The molecule has 0 spiro atoms. The average Bonchev–Trinajstić information content (AvgIpc) is 3.08. The molecule has 1 aliphatic rings. The van der Waals surface area contributed by atoms with E-state index in [0.29, 0.717) is 5.82 Å². The van der Waals surface area contributed by atoms with Gasteiger partial charge in [0, 0.05) is 5.92 Å². The molecule has 1 saturated heterocycles. The maximum absolute atomic E-state index is 12.7. The first-order valence-electron chi connectivity index (χ1n) is 7.44. The third-order valence-corrected chi connectivity index (χ3v) is 3.92. The maximum Gasteiger partial charge on any atom is 0.325 e. The Morgan fingerprint density at radius 1 is 1.26 bits per heavy atom. The highest BCUT2D eigenvalue weighted by Crippen LogP contribution is 2.29. The number of hydrogen-bond acceptors (Lipinski definition) is 5. The normalized spacial score (nSPS) is 21.1. The van der Waals surface area contributed by atoms with Crippen molar-refractivity contribution in [1.82, 2.24) is 20.4 Å². The van der Waals surface area contributed by atoms with Gasteiger partial charge in [0.15, 0.2) is 5.82 Å². The summed E-state index contributed by atoms with van der Waals surface area (Å²) in [6, 6.07) is 8.67. The molecule has 3 amide bonds. The van der Waals surface area contributed by atoms with Gasteiger partial charge in [-0.15, -0.1) is 0 Å². The first kappa shape index (κ1) is 15.2. The van der Waals surface area contributed by atoms with Crippen LogP contribution in [0.3, 0.4) is 0 Å². The second-order valence-electron chi connectivity index (χ2n) is 6.01. The molecule has 1 atom stereocenters. The molecule has 7 nitrogen and oxygen atoms in total. The van der Waals surface area contributed by atoms with Gasteiger partial charge >= 0.3 is 6.03 Å². The van der Waals surface area contributed by atoms with Crippen LogP contribution in [0.5, 0.6) is 0 Å². The zero-order chi connectivity index (χ0) is 16.6. The van der Waals surface area contributed by atoms with E-state index in [1.54, 1.807) is 6.92 Å². The van der Waals surface area contributed by atoms with Crippen molar-refractivity contribution < 1.29 is 14.1 Å². The number of imide groups is 1. The number of carbonyl (C=O) groups is 2. The summed E-state index contributed by atoms with van der Waals surface area (Å²) in [5.41, 5.74) is -0.353. The Labute approximate surface area is 133 Å². The van der Waals surface area contributed by atoms with Crippen molar-refractivity contribution in [2.75, 3.05) is 0 Å². The number of urea groups is 1. The van der Waals surface area contributed by atoms with Crippen LogP contribution in [0.4, 0.5) is 4.79 Å². The minimum absolute atomic E-state index is 0.0349. The Morgan fingerprint density at radius 3 is 2.57 bits per heavy atom. The van der Waals surface area contributed by atoms with Gasteiger partial charge in [0.25, 0.3) is 5.91 Å². The predicted octanol–water partition coefficient (Wildman–Crippen LogP) is 2.16. The van der Waals surface area contributed by atoms with E-state index in [0.717, 1.165) is 10.5 Å². The number of hydrogen-bond donors (Lipinski definition) is 1. The number of benzene rings is 1. The summed E-state index contributed by atoms with van der Waals surface area (Å²) in [5, 5.41) is 6.59. The van der Waals surface area contributed by atoms with E-state index in [4.69, 9.17) is 4.52 Å². The van der Waals surface area contributed by atoms with Crippen LogP contribution in [-0.4, -0.2) is 27.0 Å². The summed E-state index contributed by atoms with van der Waals surface area (Å²) in [7, 11) is 0. The fourth-order valence-corrected chi connectivity index (χ4v) is 2.51. The zero-order valence-corrected chi connectivity index (χ0v) is 13.2. The number of nitrogens with one attached hydrogen (secondary N) is 1. The van der Waals surface area contributed by atoms with Crippen LogP contribution < -0.4 is 5.32 Å². The standard InChI is InChI=1S/C16H18N4O3/c1-10(2)13-17-12(23-19-13)9-20-14(21)16(3,18-15(20)22)11-7-5-4-6-8-11/h4-8,10H,9H2,1-3H3,(H,18,22)/t16-/m0/s1. The summed E-state index contributed by atoms with van der Waals surface area (Å²) in [6.07, 6.45) is 0. The topological polar surface area (TPSA) is 88.3 Å². The van der Waals surface area contributed by atoms with Gasteiger partial charge in [-0.25, -0.2) is 4.79 Å². The van der Waals surface area contributed by atoms with Crippen molar-refractivity contribution in [3.8, 4) is 0 Å². The summed E-state index contributed by atoms with van der Waals surface area (Å²) in [5.74, 6) is 0.579. The minimum atomic E-state index is -1.08. The maximum atomic E-state index is 12.7. The third kappa shape index (κ3) is 2.58. The number of carbonyl (C=O) groups excluding carboxylic acids is 2. The molecule has 1 aromatic heterocycles. The van der Waals surface area contributed by atoms with Crippen molar-refractivity contribution in [2.24, 2.45) is 0 Å². The minimum Gasteiger partial charge on any atom is -0.337 e. The molecule has 2 heterocycles. The zero-order valence-electron chi connectivity index (χ0n) is 13.2. The van der Waals surface area contributed by atoms with E-state index in [9.17, 15) is 9.59 Å². The predicted molar refractivity (Wildman–Crippen MR) is 81.3 cm³/mol. The number of aromatic nitrogens is 2. The lowest BCUT2D eigenvalue weighted by molar-refractivity contribution is -0.131. The highest BCUT2D eigenvalue weighted by atomic mass is 16.5. The second-order valence-corrected chi connectivity index (χ2v) is 6.01. The molecule has 0 unspecified atom stereocenters. The Balaban J connectivity index is 1.84. The van der Waals surface area contributed by atoms with Gasteiger partial charge in [-0.05, 0) is 12.5 Å². The lowest BCUT2D eigenvalue weighted by Crippen LogP contribution is -2.40. The first-order valence-corrected chi connectivity index (χ1v) is 7.44. The van der Waals surface area contributed by atoms with Crippen LogP contribution in [0.25, 0.3) is 0 Å². The lowest BCUT2D eigenvalue weighted by Gasteiger charge is -2.21. The lowest BCUT2D eigenvalue weighted by atomic mass is 9.92. The average molecular weight is 314 g/mol. The largest absolute Gasteiger partial charge is 0.337 e. The summed E-state index contributed by atoms with van der Waals surface area (Å²) in [4.78, 5) is 30.3. The highest BCUT2D eigenvalue weighted by molar-refractivity contribution is 6.07. The van der Waals surface area contributed by atoms with Crippen LogP contribution >= 0.6 is 0 Å². The molecule has 0 saturated carbocycles. The molecule has 1 aliphatic heterocycles. The third-order valence-electron chi connectivity index (χ3n) is 3.92. The van der Waals surface area contributed by atoms with Crippen molar-refractivity contribution >= 4 is 11.9 Å². The molecule has 120 valence electrons. The molecule has 7 heteroatoms. The molecule has 0 bridgehead atoms. The van der Waals surface area contributed by atoms with E-state index in [2.05, 4.69) is 15.5 Å². The summed E-state index contributed by atoms with van der Waals surface area (Å²) < 4.78 is 5.12. The van der Waals surface area contributed by atoms with Gasteiger partial charge in [-0.1, -0.05) is 49.3 Å². The van der Waals surface area contributed by atoms with E-state index in [1.807, 2.05) is 44.2 Å². The molecule has 1 N–H and O–H groups in total. The molecule has 3 rings (SSSR count). The molecular weight excluding hydrogens is 296 g/mol. The summed E-state index contributed by atoms with van der Waals surface area (Å²) >= 11 is 0. The van der Waals surface area contributed by atoms with E-state index in [-0.39, 0.29) is 24.3 Å². The number of nitrogens with zero attached hydrogens (tertiary/aromatic N) is 3. The highest BCUT2D eigenvalue weighted by Gasteiger charge is 2.49. The second kappa shape index (κ2) is 5.49. The van der Waals surface area contributed by atoms with Gasteiger partial charge in [-0.3, -0.25) is 9.69 Å². The van der Waals surface area contributed by atoms with Crippen molar-refractivity contribution in [3.63, 3.8) is 0 Å². The van der Waals surface area contributed by atoms with Crippen LogP contribution in [0, 0.1) is 0 Å². The Morgan fingerprint density at radius 2 is 1.96 bits per heavy atom. The molecule has 23 heavy (non-hydrogen) atoms. The van der Waals surface area contributed by atoms with Gasteiger partial charge in [0.2, 0.25) is 5.89 Å². The molecule has 1 aromatic carbocycles. The Bertz CT molecular complexity index is 741. The number of rotatable bonds is 4. The SMILES string of the molecule is CC(C)c1noc(CN2C(=O)N[C@@](C)(c3ccccc3)C2=O)n1. The Kier molecular flexibility index (Phi) is 3.63. The van der Waals surface area contributed by atoms with Gasteiger partial charge < -0.3 is 9.84 Å². The van der Waals surface area contributed by atoms with Crippen molar-refractivity contribution in [3.05, 3.63) is 47.6 Å². The van der Waals surface area contributed by atoms with Crippen LogP contribution in [0.1, 0.15) is 44.0 Å². The Hall–Kier alpha value is -2.70. The summed E-state index contributed by atoms with van der Waals surface area (Å²) in [6.45, 7) is 5.53. The van der Waals surface area contributed by atoms with Gasteiger partial charge in [0.1, 0.15) is 12.1 Å². The van der Waals surface area contributed by atoms with Crippen molar-refractivity contribution in [2.45, 2.75) is 38.8 Å². The quantitative estimate of drug-likeness (QED) is 0.874. The van der Waals surface area contributed by atoms with Crippen LogP contribution in [0.15, 0.2) is 34.9 Å². The van der Waals surface area contributed by atoms with Gasteiger partial charge in [0.05, 0.1) is 0 Å². The monoisotopic (exact) mass is 314 g/mol. The van der Waals surface area contributed by atoms with E-state index < -0.39 is 11.6 Å². The molecule has 1 fully saturated rings. The van der Waals surface area contributed by atoms with E-state index in [1.165, 1.54) is 0 Å².